The van der Waals surface area contributed by atoms with E-state index in [9.17, 15) is 4.79 Å². The van der Waals surface area contributed by atoms with Crippen LogP contribution >= 0.6 is 0 Å². The van der Waals surface area contributed by atoms with Crippen molar-refractivity contribution in [1.29, 1.82) is 0 Å². The molecular formula is C13H24O2. The third kappa shape index (κ3) is 5.81. The van der Waals surface area contributed by atoms with Crippen molar-refractivity contribution >= 4 is 5.97 Å². The summed E-state index contributed by atoms with van der Waals surface area (Å²) in [4.78, 5) is 11.4. The molecule has 0 aromatic rings. The number of rotatable bonds is 0. The molecule has 0 spiro atoms. The number of cyclic esters (lactones) is 1. The standard InChI is InChI=1S/C13H24O2/c1-11-7-5-3-4-6-8-13(14)15-12(2)10-9-11/h11-12H,3-10H2,1-2H3. The van der Waals surface area contributed by atoms with Crippen molar-refractivity contribution in [2.24, 2.45) is 5.92 Å². The Hall–Kier alpha value is -0.530. The summed E-state index contributed by atoms with van der Waals surface area (Å²) in [6, 6.07) is 0. The number of esters is 1. The minimum Gasteiger partial charge on any atom is -0.463 e. The van der Waals surface area contributed by atoms with E-state index in [2.05, 4.69) is 6.92 Å². The second-order valence-electron chi connectivity index (χ2n) is 4.94. The highest BCUT2D eigenvalue weighted by molar-refractivity contribution is 5.69. The van der Waals surface area contributed by atoms with Gasteiger partial charge in [0.25, 0.3) is 0 Å². The minimum absolute atomic E-state index is 0.00396. The predicted molar refractivity (Wildman–Crippen MR) is 61.7 cm³/mol. The number of hydrogen-bond donors (Lipinski definition) is 0. The van der Waals surface area contributed by atoms with E-state index in [1.165, 1.54) is 32.1 Å². The lowest BCUT2D eigenvalue weighted by molar-refractivity contribution is -0.148. The van der Waals surface area contributed by atoms with Crippen molar-refractivity contribution < 1.29 is 9.53 Å². The van der Waals surface area contributed by atoms with Crippen LogP contribution < -0.4 is 0 Å². The van der Waals surface area contributed by atoms with Crippen LogP contribution in [0.5, 0.6) is 0 Å². The Bertz CT molecular complexity index is 189. The summed E-state index contributed by atoms with van der Waals surface area (Å²) in [7, 11) is 0. The van der Waals surface area contributed by atoms with Gasteiger partial charge in [0.2, 0.25) is 0 Å². The normalized spacial score (nSPS) is 31.2. The maximum atomic E-state index is 11.4. The zero-order valence-corrected chi connectivity index (χ0v) is 10.1. The van der Waals surface area contributed by atoms with Crippen LogP contribution in [0.4, 0.5) is 0 Å². The summed E-state index contributed by atoms with van der Waals surface area (Å²) in [5.41, 5.74) is 0. The molecule has 0 bridgehead atoms. The van der Waals surface area contributed by atoms with Crippen LogP contribution in [0, 0.1) is 5.92 Å². The van der Waals surface area contributed by atoms with Gasteiger partial charge in [-0.25, -0.2) is 0 Å². The Morgan fingerprint density at radius 3 is 2.53 bits per heavy atom. The van der Waals surface area contributed by atoms with Gasteiger partial charge in [0, 0.05) is 6.42 Å². The molecule has 2 unspecified atom stereocenters. The maximum Gasteiger partial charge on any atom is 0.306 e. The lowest BCUT2D eigenvalue weighted by Gasteiger charge is -2.17. The molecule has 15 heavy (non-hydrogen) atoms. The molecule has 0 aromatic carbocycles. The molecule has 1 heterocycles. The molecule has 1 fully saturated rings. The topological polar surface area (TPSA) is 26.3 Å². The molecule has 1 aliphatic rings. The highest BCUT2D eigenvalue weighted by Gasteiger charge is 2.12. The van der Waals surface area contributed by atoms with Crippen molar-refractivity contribution in [3.8, 4) is 0 Å². The summed E-state index contributed by atoms with van der Waals surface area (Å²) in [5.74, 6) is 0.779. The molecule has 1 saturated heterocycles. The van der Waals surface area contributed by atoms with Gasteiger partial charge in [-0.15, -0.1) is 0 Å². The van der Waals surface area contributed by atoms with Crippen LogP contribution in [-0.2, 0) is 9.53 Å². The molecule has 1 rings (SSSR count). The van der Waals surface area contributed by atoms with E-state index < -0.39 is 0 Å². The zero-order chi connectivity index (χ0) is 11.1. The van der Waals surface area contributed by atoms with Gasteiger partial charge in [-0.05, 0) is 32.1 Å². The van der Waals surface area contributed by atoms with E-state index in [0.717, 1.165) is 18.8 Å². The van der Waals surface area contributed by atoms with E-state index in [-0.39, 0.29) is 12.1 Å². The molecule has 1 aliphatic heterocycles. The van der Waals surface area contributed by atoms with Crippen LogP contribution in [0.25, 0.3) is 0 Å². The molecule has 0 aromatic heterocycles. The van der Waals surface area contributed by atoms with Crippen LogP contribution in [-0.4, -0.2) is 12.1 Å². The molecule has 2 atom stereocenters. The molecule has 0 aliphatic carbocycles. The predicted octanol–water partition coefficient (Wildman–Crippen LogP) is 3.69. The Balaban J connectivity index is 2.35. The first kappa shape index (κ1) is 12.5. The van der Waals surface area contributed by atoms with Crippen molar-refractivity contribution in [3.63, 3.8) is 0 Å². The molecule has 88 valence electrons. The van der Waals surface area contributed by atoms with Crippen molar-refractivity contribution in [3.05, 3.63) is 0 Å². The number of carbonyl (C=O) groups is 1. The van der Waals surface area contributed by atoms with Crippen molar-refractivity contribution in [2.75, 3.05) is 0 Å². The summed E-state index contributed by atoms with van der Waals surface area (Å²) >= 11 is 0. The summed E-state index contributed by atoms with van der Waals surface area (Å²) in [6.45, 7) is 4.32. The van der Waals surface area contributed by atoms with E-state index in [1.54, 1.807) is 0 Å². The first-order chi connectivity index (χ1) is 7.18. The Morgan fingerprint density at radius 2 is 1.73 bits per heavy atom. The second-order valence-corrected chi connectivity index (χ2v) is 4.94. The fraction of sp³-hybridized carbons (Fsp3) is 0.923. The van der Waals surface area contributed by atoms with Gasteiger partial charge < -0.3 is 4.74 Å². The fourth-order valence-electron chi connectivity index (χ4n) is 2.12. The van der Waals surface area contributed by atoms with Crippen LogP contribution in [0.2, 0.25) is 0 Å². The molecule has 2 nitrogen and oxygen atoms in total. The largest absolute Gasteiger partial charge is 0.463 e. The zero-order valence-electron chi connectivity index (χ0n) is 10.1. The highest BCUT2D eigenvalue weighted by Crippen LogP contribution is 2.19. The first-order valence-electron chi connectivity index (χ1n) is 6.38. The monoisotopic (exact) mass is 212 g/mol. The number of carbonyl (C=O) groups excluding carboxylic acids is 1. The molecule has 0 saturated carbocycles. The molecule has 0 N–H and O–H groups in total. The minimum atomic E-state index is -0.00396. The third-order valence-electron chi connectivity index (χ3n) is 3.23. The lowest BCUT2D eigenvalue weighted by atomic mass is 9.96. The summed E-state index contributed by atoms with van der Waals surface area (Å²) in [6.07, 6.45) is 9.04. The molecule has 2 heteroatoms. The van der Waals surface area contributed by atoms with Gasteiger partial charge in [-0.1, -0.05) is 32.6 Å². The molecular weight excluding hydrogens is 188 g/mol. The van der Waals surface area contributed by atoms with E-state index in [4.69, 9.17) is 4.74 Å². The van der Waals surface area contributed by atoms with Crippen LogP contribution in [0.1, 0.15) is 65.2 Å². The van der Waals surface area contributed by atoms with E-state index in [0.29, 0.717) is 6.42 Å². The Morgan fingerprint density at radius 1 is 1.00 bits per heavy atom. The highest BCUT2D eigenvalue weighted by atomic mass is 16.5. The second kappa shape index (κ2) is 6.86. The van der Waals surface area contributed by atoms with E-state index in [1.807, 2.05) is 6.92 Å². The number of ether oxygens (including phenoxy) is 1. The SMILES string of the molecule is CC1CCCCCCC(=O)OC(C)CC1. The van der Waals surface area contributed by atoms with Gasteiger partial charge in [0.05, 0.1) is 6.10 Å². The van der Waals surface area contributed by atoms with Gasteiger partial charge >= 0.3 is 5.97 Å². The summed E-state index contributed by atoms with van der Waals surface area (Å²) < 4.78 is 5.33. The average molecular weight is 212 g/mol. The number of hydrogen-bond acceptors (Lipinski definition) is 2. The first-order valence-corrected chi connectivity index (χ1v) is 6.38. The Kier molecular flexibility index (Phi) is 5.74. The van der Waals surface area contributed by atoms with Crippen LogP contribution in [0.3, 0.4) is 0 Å². The molecule has 0 amide bonds. The van der Waals surface area contributed by atoms with Gasteiger partial charge in [-0.3, -0.25) is 4.79 Å². The van der Waals surface area contributed by atoms with Crippen LogP contribution in [0.15, 0.2) is 0 Å². The average Bonchev–Trinajstić information content (AvgIpc) is 2.18. The quantitative estimate of drug-likeness (QED) is 0.572. The lowest BCUT2D eigenvalue weighted by Crippen LogP contribution is -2.16. The van der Waals surface area contributed by atoms with Crippen molar-refractivity contribution in [2.45, 2.75) is 71.3 Å². The fourth-order valence-corrected chi connectivity index (χ4v) is 2.12. The maximum absolute atomic E-state index is 11.4. The third-order valence-corrected chi connectivity index (χ3v) is 3.23. The smallest absolute Gasteiger partial charge is 0.306 e. The summed E-state index contributed by atoms with van der Waals surface area (Å²) in [5, 5.41) is 0. The van der Waals surface area contributed by atoms with Gasteiger partial charge in [0.15, 0.2) is 0 Å². The molecule has 0 radical (unpaired) electrons. The Labute approximate surface area is 93.4 Å². The van der Waals surface area contributed by atoms with E-state index >= 15 is 0 Å². The van der Waals surface area contributed by atoms with Gasteiger partial charge in [0.1, 0.15) is 0 Å². The van der Waals surface area contributed by atoms with Crippen molar-refractivity contribution in [1.82, 2.24) is 0 Å². The van der Waals surface area contributed by atoms with Gasteiger partial charge in [-0.2, -0.15) is 0 Å².